The van der Waals surface area contributed by atoms with Gasteiger partial charge in [-0.2, -0.15) is 5.10 Å². The SMILES string of the molecule is CCn1nc(C)c(CN2CCC(C3CCNC3)CC2)c1C. The predicted molar refractivity (Wildman–Crippen MR) is 86.4 cm³/mol. The highest BCUT2D eigenvalue weighted by molar-refractivity contribution is 5.24. The van der Waals surface area contributed by atoms with Crippen LogP contribution in [0.4, 0.5) is 0 Å². The first-order valence-corrected chi connectivity index (χ1v) is 8.65. The molecule has 1 atom stereocenters. The summed E-state index contributed by atoms with van der Waals surface area (Å²) in [7, 11) is 0. The topological polar surface area (TPSA) is 33.1 Å². The Kier molecular flexibility index (Phi) is 4.65. The molecule has 1 aromatic heterocycles. The third-order valence-electron chi connectivity index (χ3n) is 5.61. The second-order valence-corrected chi connectivity index (χ2v) is 6.83. The van der Waals surface area contributed by atoms with E-state index in [0.29, 0.717) is 0 Å². The van der Waals surface area contributed by atoms with Gasteiger partial charge in [-0.25, -0.2) is 0 Å². The monoisotopic (exact) mass is 290 g/mol. The van der Waals surface area contributed by atoms with Gasteiger partial charge in [0, 0.05) is 24.3 Å². The zero-order valence-corrected chi connectivity index (χ0v) is 13.9. The van der Waals surface area contributed by atoms with Crippen molar-refractivity contribution in [2.24, 2.45) is 11.8 Å². The molecular weight excluding hydrogens is 260 g/mol. The fourth-order valence-electron chi connectivity index (χ4n) is 4.16. The van der Waals surface area contributed by atoms with E-state index in [0.717, 1.165) is 24.9 Å². The van der Waals surface area contributed by atoms with Crippen LogP contribution in [0.5, 0.6) is 0 Å². The lowest BCUT2D eigenvalue weighted by molar-refractivity contribution is 0.146. The molecule has 0 saturated carbocycles. The minimum absolute atomic E-state index is 0.943. The lowest BCUT2D eigenvalue weighted by Gasteiger charge is -2.34. The third kappa shape index (κ3) is 3.16. The number of nitrogens with zero attached hydrogens (tertiary/aromatic N) is 3. The lowest BCUT2D eigenvalue weighted by Crippen LogP contribution is -2.36. The van der Waals surface area contributed by atoms with Crippen LogP contribution >= 0.6 is 0 Å². The first-order valence-electron chi connectivity index (χ1n) is 8.65. The zero-order chi connectivity index (χ0) is 14.8. The molecule has 0 aliphatic carbocycles. The molecule has 1 N–H and O–H groups in total. The van der Waals surface area contributed by atoms with Crippen LogP contribution in [0.25, 0.3) is 0 Å². The molecule has 2 aliphatic rings. The molecule has 2 aliphatic heterocycles. The van der Waals surface area contributed by atoms with E-state index in [1.54, 1.807) is 0 Å². The molecule has 3 rings (SSSR count). The van der Waals surface area contributed by atoms with Gasteiger partial charge >= 0.3 is 0 Å². The van der Waals surface area contributed by atoms with E-state index in [1.165, 1.54) is 62.4 Å². The van der Waals surface area contributed by atoms with Crippen LogP contribution in [0, 0.1) is 25.7 Å². The van der Waals surface area contributed by atoms with Crippen LogP contribution in [0.1, 0.15) is 43.1 Å². The van der Waals surface area contributed by atoms with E-state index >= 15 is 0 Å². The summed E-state index contributed by atoms with van der Waals surface area (Å²) in [5, 5.41) is 8.17. The van der Waals surface area contributed by atoms with Gasteiger partial charge in [0.15, 0.2) is 0 Å². The Morgan fingerprint density at radius 1 is 1.14 bits per heavy atom. The summed E-state index contributed by atoms with van der Waals surface area (Å²) in [5.41, 5.74) is 4.03. The first-order chi connectivity index (χ1) is 10.2. The molecule has 0 spiro atoms. The predicted octanol–water partition coefficient (Wildman–Crippen LogP) is 2.34. The van der Waals surface area contributed by atoms with E-state index < -0.39 is 0 Å². The van der Waals surface area contributed by atoms with E-state index in [4.69, 9.17) is 0 Å². The molecule has 2 saturated heterocycles. The van der Waals surface area contributed by atoms with E-state index in [-0.39, 0.29) is 0 Å². The van der Waals surface area contributed by atoms with Crippen molar-refractivity contribution in [1.29, 1.82) is 0 Å². The highest BCUT2D eigenvalue weighted by Crippen LogP contribution is 2.30. The van der Waals surface area contributed by atoms with Gasteiger partial charge in [-0.15, -0.1) is 0 Å². The Bertz CT molecular complexity index is 465. The Balaban J connectivity index is 1.56. The molecule has 0 aromatic carbocycles. The highest BCUT2D eigenvalue weighted by atomic mass is 15.3. The smallest absolute Gasteiger partial charge is 0.0641 e. The van der Waals surface area contributed by atoms with Crippen molar-refractivity contribution >= 4 is 0 Å². The molecule has 2 fully saturated rings. The summed E-state index contributed by atoms with van der Waals surface area (Å²) in [6, 6.07) is 0. The average Bonchev–Trinajstić information content (AvgIpc) is 3.12. The number of rotatable bonds is 4. The van der Waals surface area contributed by atoms with Crippen molar-refractivity contribution in [3.63, 3.8) is 0 Å². The molecule has 0 radical (unpaired) electrons. The van der Waals surface area contributed by atoms with E-state index in [9.17, 15) is 0 Å². The average molecular weight is 290 g/mol. The number of aromatic nitrogens is 2. The molecule has 0 bridgehead atoms. The van der Waals surface area contributed by atoms with Gasteiger partial charge in [-0.1, -0.05) is 0 Å². The second kappa shape index (κ2) is 6.49. The summed E-state index contributed by atoms with van der Waals surface area (Å²) in [6.07, 6.45) is 4.16. The quantitative estimate of drug-likeness (QED) is 0.924. The molecular formula is C17H30N4. The van der Waals surface area contributed by atoms with Crippen molar-refractivity contribution in [1.82, 2.24) is 20.0 Å². The molecule has 1 unspecified atom stereocenters. The van der Waals surface area contributed by atoms with Gasteiger partial charge in [0.1, 0.15) is 0 Å². The molecule has 3 heterocycles. The highest BCUT2D eigenvalue weighted by Gasteiger charge is 2.28. The lowest BCUT2D eigenvalue weighted by atomic mass is 9.83. The maximum Gasteiger partial charge on any atom is 0.0641 e. The van der Waals surface area contributed by atoms with Crippen LogP contribution in [0.15, 0.2) is 0 Å². The normalized spacial score (nSPS) is 24.8. The van der Waals surface area contributed by atoms with Gasteiger partial charge in [0.05, 0.1) is 5.69 Å². The van der Waals surface area contributed by atoms with Crippen molar-refractivity contribution in [3.8, 4) is 0 Å². The van der Waals surface area contributed by atoms with Gasteiger partial charge in [0.2, 0.25) is 0 Å². The molecule has 4 heteroatoms. The first kappa shape index (κ1) is 15.0. The van der Waals surface area contributed by atoms with Crippen molar-refractivity contribution in [2.75, 3.05) is 26.2 Å². The zero-order valence-electron chi connectivity index (χ0n) is 13.9. The number of hydrogen-bond donors (Lipinski definition) is 1. The maximum atomic E-state index is 4.65. The summed E-state index contributed by atoms with van der Waals surface area (Å²) in [5.74, 6) is 1.90. The molecule has 21 heavy (non-hydrogen) atoms. The van der Waals surface area contributed by atoms with Crippen molar-refractivity contribution in [2.45, 2.75) is 53.1 Å². The fourth-order valence-corrected chi connectivity index (χ4v) is 4.16. The number of piperidine rings is 1. The summed E-state index contributed by atoms with van der Waals surface area (Å²) in [4.78, 5) is 2.63. The largest absolute Gasteiger partial charge is 0.316 e. The molecule has 118 valence electrons. The van der Waals surface area contributed by atoms with E-state index in [1.807, 2.05) is 0 Å². The number of hydrogen-bond acceptors (Lipinski definition) is 3. The number of likely N-dealkylation sites (tertiary alicyclic amines) is 1. The van der Waals surface area contributed by atoms with Crippen LogP contribution in [0.3, 0.4) is 0 Å². The summed E-state index contributed by atoms with van der Waals surface area (Å²) >= 11 is 0. The standard InChI is InChI=1S/C17H30N4/c1-4-21-14(3)17(13(2)19-21)12-20-9-6-15(7-10-20)16-5-8-18-11-16/h15-16,18H,4-12H2,1-3H3. The molecule has 0 amide bonds. The summed E-state index contributed by atoms with van der Waals surface area (Å²) in [6.45, 7) is 13.6. The Morgan fingerprint density at radius 2 is 1.90 bits per heavy atom. The fraction of sp³-hybridized carbons (Fsp3) is 0.824. The van der Waals surface area contributed by atoms with Crippen LogP contribution in [-0.2, 0) is 13.1 Å². The van der Waals surface area contributed by atoms with Crippen LogP contribution in [0.2, 0.25) is 0 Å². The van der Waals surface area contributed by atoms with Gasteiger partial charge < -0.3 is 5.32 Å². The van der Waals surface area contributed by atoms with Gasteiger partial charge in [-0.05, 0) is 78.0 Å². The molecule has 1 aromatic rings. The maximum absolute atomic E-state index is 4.65. The van der Waals surface area contributed by atoms with Gasteiger partial charge in [0.25, 0.3) is 0 Å². The third-order valence-corrected chi connectivity index (χ3v) is 5.61. The minimum Gasteiger partial charge on any atom is -0.316 e. The number of aryl methyl sites for hydroxylation is 2. The second-order valence-electron chi connectivity index (χ2n) is 6.83. The Labute approximate surface area is 128 Å². The minimum atomic E-state index is 0.943. The van der Waals surface area contributed by atoms with Crippen molar-refractivity contribution in [3.05, 3.63) is 17.0 Å². The Hall–Kier alpha value is -0.870. The van der Waals surface area contributed by atoms with Crippen LogP contribution < -0.4 is 5.32 Å². The Morgan fingerprint density at radius 3 is 2.48 bits per heavy atom. The molecule has 4 nitrogen and oxygen atoms in total. The number of nitrogens with one attached hydrogen (secondary N) is 1. The van der Waals surface area contributed by atoms with Gasteiger partial charge in [-0.3, -0.25) is 9.58 Å². The van der Waals surface area contributed by atoms with Crippen molar-refractivity contribution < 1.29 is 0 Å². The van der Waals surface area contributed by atoms with E-state index in [2.05, 4.69) is 40.8 Å². The summed E-state index contributed by atoms with van der Waals surface area (Å²) < 4.78 is 2.14. The van der Waals surface area contributed by atoms with Crippen LogP contribution in [-0.4, -0.2) is 40.9 Å².